The summed E-state index contributed by atoms with van der Waals surface area (Å²) in [4.78, 5) is 20.9. The Balaban J connectivity index is 1.35. The monoisotopic (exact) mass is 454 g/mol. The number of nitrogens with zero attached hydrogens (tertiary/aromatic N) is 2. The van der Waals surface area contributed by atoms with Crippen LogP contribution in [0.25, 0.3) is 22.4 Å². The van der Waals surface area contributed by atoms with Crippen molar-refractivity contribution < 1.29 is 27.5 Å². The van der Waals surface area contributed by atoms with E-state index < -0.39 is 12.6 Å². The number of alkyl halides is 2. The van der Waals surface area contributed by atoms with Gasteiger partial charge in [-0.15, -0.1) is 0 Å². The summed E-state index contributed by atoms with van der Waals surface area (Å²) in [6.45, 7) is -2.66. The Morgan fingerprint density at radius 1 is 1.15 bits per heavy atom. The van der Waals surface area contributed by atoms with Gasteiger partial charge in [0, 0.05) is 30.1 Å². The number of fused-ring (bicyclic) bond motifs is 1. The van der Waals surface area contributed by atoms with Gasteiger partial charge in [-0.25, -0.2) is 9.78 Å². The quantitative estimate of drug-likeness (QED) is 0.394. The Morgan fingerprint density at radius 2 is 1.97 bits per heavy atom. The van der Waals surface area contributed by atoms with Crippen molar-refractivity contribution in [3.63, 3.8) is 0 Å². The lowest BCUT2D eigenvalue weighted by molar-refractivity contribution is -0.0489. The standard InChI is InChI=1S/C23H20F2N4O4/c1-31-16-6-4-14(5-7-16)21-28-15(13-32-21)10-12-27-23(30)29-18-8-9-19(33-22(24)25)20-17(18)3-2-11-26-20/h2-9,11,13,22H,10,12H2,1H3,(H2,27,29,30). The van der Waals surface area contributed by atoms with Crippen LogP contribution in [0.3, 0.4) is 0 Å². The second kappa shape index (κ2) is 9.94. The molecule has 33 heavy (non-hydrogen) atoms. The number of ether oxygens (including phenoxy) is 2. The molecule has 0 aliphatic carbocycles. The number of pyridine rings is 1. The van der Waals surface area contributed by atoms with Crippen LogP contribution in [-0.2, 0) is 6.42 Å². The van der Waals surface area contributed by atoms with Gasteiger partial charge in [-0.1, -0.05) is 0 Å². The van der Waals surface area contributed by atoms with Crippen LogP contribution in [-0.4, -0.2) is 36.3 Å². The number of aromatic nitrogens is 2. The third-order valence-corrected chi connectivity index (χ3v) is 4.75. The van der Waals surface area contributed by atoms with Crippen molar-refractivity contribution in [1.29, 1.82) is 0 Å². The highest BCUT2D eigenvalue weighted by Crippen LogP contribution is 2.31. The molecule has 0 bridgehead atoms. The predicted molar refractivity (Wildman–Crippen MR) is 118 cm³/mol. The zero-order chi connectivity index (χ0) is 23.2. The summed E-state index contributed by atoms with van der Waals surface area (Å²) >= 11 is 0. The Labute approximate surface area is 187 Å². The summed E-state index contributed by atoms with van der Waals surface area (Å²) < 4.78 is 40.4. The molecule has 4 rings (SSSR count). The molecule has 0 radical (unpaired) electrons. The molecule has 0 unspecified atom stereocenters. The first-order valence-corrected chi connectivity index (χ1v) is 9.99. The molecule has 0 atom stereocenters. The number of methoxy groups -OCH3 is 1. The van der Waals surface area contributed by atoms with Crippen LogP contribution in [0.1, 0.15) is 5.69 Å². The van der Waals surface area contributed by atoms with Crippen LogP contribution >= 0.6 is 0 Å². The van der Waals surface area contributed by atoms with Gasteiger partial charge in [0.05, 0.1) is 18.5 Å². The summed E-state index contributed by atoms with van der Waals surface area (Å²) in [6, 6.07) is 13.0. The number of urea groups is 1. The number of carbonyl (C=O) groups is 1. The molecule has 2 N–H and O–H groups in total. The van der Waals surface area contributed by atoms with Crippen LogP contribution < -0.4 is 20.1 Å². The molecule has 0 aliphatic rings. The van der Waals surface area contributed by atoms with Crippen LogP contribution in [0, 0.1) is 0 Å². The maximum Gasteiger partial charge on any atom is 0.387 e. The number of hydrogen-bond acceptors (Lipinski definition) is 6. The first-order chi connectivity index (χ1) is 16.0. The number of hydrogen-bond donors (Lipinski definition) is 2. The number of amides is 2. The molecular formula is C23H20F2N4O4. The van der Waals surface area contributed by atoms with Crippen molar-refractivity contribution in [3.8, 4) is 23.0 Å². The molecule has 2 heterocycles. The van der Waals surface area contributed by atoms with Crippen molar-refractivity contribution in [2.45, 2.75) is 13.0 Å². The van der Waals surface area contributed by atoms with Crippen LogP contribution in [0.2, 0.25) is 0 Å². The number of carbonyl (C=O) groups excluding carboxylic acids is 1. The minimum atomic E-state index is -2.97. The Hall–Kier alpha value is -4.21. The molecule has 0 saturated carbocycles. The highest BCUT2D eigenvalue weighted by molar-refractivity contribution is 6.02. The fourth-order valence-corrected chi connectivity index (χ4v) is 3.21. The van der Waals surface area contributed by atoms with E-state index in [1.165, 1.54) is 18.3 Å². The molecule has 4 aromatic rings. The second-order valence-electron chi connectivity index (χ2n) is 6.89. The van der Waals surface area contributed by atoms with Crippen molar-refractivity contribution in [3.05, 3.63) is 66.7 Å². The first-order valence-electron chi connectivity index (χ1n) is 9.99. The smallest absolute Gasteiger partial charge is 0.387 e. The average molecular weight is 454 g/mol. The lowest BCUT2D eigenvalue weighted by Crippen LogP contribution is -2.30. The molecule has 2 aromatic heterocycles. The second-order valence-corrected chi connectivity index (χ2v) is 6.89. The first kappa shape index (κ1) is 22.0. The van der Waals surface area contributed by atoms with E-state index in [0.29, 0.717) is 35.6 Å². The molecule has 170 valence electrons. The maximum atomic E-state index is 12.6. The van der Waals surface area contributed by atoms with Gasteiger partial charge in [-0.05, 0) is 48.5 Å². The van der Waals surface area contributed by atoms with E-state index in [-0.39, 0.29) is 11.3 Å². The highest BCUT2D eigenvalue weighted by Gasteiger charge is 2.14. The molecule has 2 amide bonds. The molecule has 0 aliphatic heterocycles. The normalized spacial score (nSPS) is 10.9. The molecule has 8 nitrogen and oxygen atoms in total. The molecule has 10 heteroatoms. The molecule has 0 fully saturated rings. The van der Waals surface area contributed by atoms with Crippen LogP contribution in [0.5, 0.6) is 11.5 Å². The van der Waals surface area contributed by atoms with E-state index in [2.05, 4.69) is 25.3 Å². The summed E-state index contributed by atoms with van der Waals surface area (Å²) in [5.74, 6) is 1.15. The third-order valence-electron chi connectivity index (χ3n) is 4.75. The maximum absolute atomic E-state index is 12.6. The lowest BCUT2D eigenvalue weighted by atomic mass is 10.1. The highest BCUT2D eigenvalue weighted by atomic mass is 19.3. The number of anilines is 1. The van der Waals surface area contributed by atoms with Gasteiger partial charge in [0.1, 0.15) is 17.5 Å². The fraction of sp³-hybridized carbons (Fsp3) is 0.174. The summed E-state index contributed by atoms with van der Waals surface area (Å²) in [6.07, 6.45) is 3.46. The van der Waals surface area contributed by atoms with E-state index in [1.54, 1.807) is 25.5 Å². The van der Waals surface area contributed by atoms with Crippen molar-refractivity contribution in [2.24, 2.45) is 0 Å². The van der Waals surface area contributed by atoms with E-state index in [0.717, 1.165) is 11.3 Å². The molecule has 0 saturated heterocycles. The van der Waals surface area contributed by atoms with Gasteiger partial charge in [0.15, 0.2) is 5.75 Å². The van der Waals surface area contributed by atoms with E-state index >= 15 is 0 Å². The van der Waals surface area contributed by atoms with Gasteiger partial charge in [-0.2, -0.15) is 8.78 Å². The zero-order valence-corrected chi connectivity index (χ0v) is 17.5. The Kier molecular flexibility index (Phi) is 6.63. The summed E-state index contributed by atoms with van der Waals surface area (Å²) in [7, 11) is 1.59. The number of rotatable bonds is 8. The van der Waals surface area contributed by atoms with Gasteiger partial charge in [0.2, 0.25) is 5.89 Å². The van der Waals surface area contributed by atoms with Gasteiger partial charge < -0.3 is 24.5 Å². The van der Waals surface area contributed by atoms with Crippen molar-refractivity contribution in [2.75, 3.05) is 19.0 Å². The Bertz CT molecular complexity index is 1240. The van der Waals surface area contributed by atoms with Crippen LogP contribution in [0.15, 0.2) is 65.4 Å². The van der Waals surface area contributed by atoms with Crippen molar-refractivity contribution in [1.82, 2.24) is 15.3 Å². The number of oxazole rings is 1. The van der Waals surface area contributed by atoms with E-state index in [9.17, 15) is 13.6 Å². The topological polar surface area (TPSA) is 98.5 Å². The lowest BCUT2D eigenvalue weighted by Gasteiger charge is -2.12. The van der Waals surface area contributed by atoms with Gasteiger partial charge in [-0.3, -0.25) is 4.98 Å². The van der Waals surface area contributed by atoms with Crippen molar-refractivity contribution >= 4 is 22.6 Å². The minimum Gasteiger partial charge on any atom is -0.497 e. The summed E-state index contributed by atoms with van der Waals surface area (Å²) in [5, 5.41) is 5.92. The third kappa shape index (κ3) is 5.35. The number of halogens is 2. The van der Waals surface area contributed by atoms with E-state index in [1.807, 2.05) is 24.3 Å². The summed E-state index contributed by atoms with van der Waals surface area (Å²) in [5.41, 5.74) is 2.14. The van der Waals surface area contributed by atoms with Crippen LogP contribution in [0.4, 0.5) is 19.3 Å². The number of nitrogens with one attached hydrogen (secondary N) is 2. The molecule has 2 aromatic carbocycles. The Morgan fingerprint density at radius 3 is 2.73 bits per heavy atom. The molecule has 0 spiro atoms. The number of benzene rings is 2. The average Bonchev–Trinajstić information content (AvgIpc) is 3.29. The predicted octanol–water partition coefficient (Wildman–Crippen LogP) is 4.86. The van der Waals surface area contributed by atoms with Gasteiger partial charge in [0.25, 0.3) is 0 Å². The largest absolute Gasteiger partial charge is 0.497 e. The SMILES string of the molecule is COc1ccc(-c2nc(CCNC(=O)Nc3ccc(OC(F)F)c4ncccc34)co2)cc1. The minimum absolute atomic E-state index is 0.0646. The molecular weight excluding hydrogens is 434 g/mol. The van der Waals surface area contributed by atoms with Gasteiger partial charge >= 0.3 is 12.6 Å². The fourth-order valence-electron chi connectivity index (χ4n) is 3.21. The van der Waals surface area contributed by atoms with E-state index in [4.69, 9.17) is 9.15 Å². The zero-order valence-electron chi connectivity index (χ0n) is 17.5.